The zero-order valence-corrected chi connectivity index (χ0v) is 16.9. The predicted molar refractivity (Wildman–Crippen MR) is 108 cm³/mol. The monoisotopic (exact) mass is 393 g/mol. The van der Waals surface area contributed by atoms with E-state index in [4.69, 9.17) is 4.74 Å². The summed E-state index contributed by atoms with van der Waals surface area (Å²) in [4.78, 5) is 25.3. The summed E-state index contributed by atoms with van der Waals surface area (Å²) >= 11 is 0. The number of ether oxygens (including phenoxy) is 1. The number of anilines is 1. The van der Waals surface area contributed by atoms with E-state index in [9.17, 15) is 9.59 Å². The summed E-state index contributed by atoms with van der Waals surface area (Å²) in [6.07, 6.45) is 0. The third kappa shape index (κ3) is 5.25. The number of esters is 1. The van der Waals surface area contributed by atoms with Gasteiger partial charge >= 0.3 is 5.97 Å². The molecule has 0 saturated carbocycles. The van der Waals surface area contributed by atoms with Crippen LogP contribution in [-0.2, 0) is 20.9 Å². The zero-order valence-electron chi connectivity index (χ0n) is 16.9. The molecule has 2 aromatic carbocycles. The van der Waals surface area contributed by atoms with Crippen LogP contribution in [0.2, 0.25) is 0 Å². The van der Waals surface area contributed by atoms with Crippen molar-refractivity contribution in [3.05, 3.63) is 58.7 Å². The van der Waals surface area contributed by atoms with E-state index in [1.807, 2.05) is 64.1 Å². The van der Waals surface area contributed by atoms with E-state index in [1.165, 1.54) is 0 Å². The fourth-order valence-corrected chi connectivity index (χ4v) is 2.99. The Morgan fingerprint density at radius 3 is 2.31 bits per heavy atom. The van der Waals surface area contributed by atoms with Crippen molar-refractivity contribution in [2.75, 3.05) is 11.9 Å². The number of amides is 1. The summed E-state index contributed by atoms with van der Waals surface area (Å²) in [6.45, 7) is 7.21. The van der Waals surface area contributed by atoms with Crippen LogP contribution in [0.5, 0.6) is 0 Å². The van der Waals surface area contributed by atoms with Gasteiger partial charge in [0.1, 0.15) is 0 Å². The molecule has 0 spiro atoms. The van der Waals surface area contributed by atoms with Gasteiger partial charge in [-0.1, -0.05) is 47.5 Å². The number of aryl methyl sites for hydroxylation is 4. The van der Waals surface area contributed by atoms with Gasteiger partial charge in [0.15, 0.2) is 13.2 Å². The van der Waals surface area contributed by atoms with E-state index < -0.39 is 11.9 Å². The summed E-state index contributed by atoms with van der Waals surface area (Å²) in [7, 11) is 0. The number of nitrogens with zero attached hydrogens (tertiary/aromatic N) is 4. The molecule has 8 nitrogen and oxygen atoms in total. The summed E-state index contributed by atoms with van der Waals surface area (Å²) in [5.41, 5.74) is 5.69. The average molecular weight is 393 g/mol. The molecule has 0 aliphatic rings. The molecule has 1 amide bonds. The van der Waals surface area contributed by atoms with Gasteiger partial charge in [0.2, 0.25) is 5.82 Å². The number of benzene rings is 2. The molecule has 0 bridgehead atoms. The molecule has 1 aromatic heterocycles. The summed E-state index contributed by atoms with van der Waals surface area (Å²) in [6, 6.07) is 11.6. The molecule has 0 aliphatic heterocycles. The summed E-state index contributed by atoms with van der Waals surface area (Å²) in [5, 5.41) is 14.8. The van der Waals surface area contributed by atoms with Crippen molar-refractivity contribution in [2.45, 2.75) is 34.2 Å². The Morgan fingerprint density at radius 1 is 1.00 bits per heavy atom. The fraction of sp³-hybridized carbons (Fsp3) is 0.286. The van der Waals surface area contributed by atoms with Crippen LogP contribution in [-0.4, -0.2) is 38.7 Å². The first kappa shape index (κ1) is 20.2. The highest BCUT2D eigenvalue weighted by atomic mass is 16.5. The topological polar surface area (TPSA) is 99.0 Å². The van der Waals surface area contributed by atoms with Gasteiger partial charge in [-0.15, -0.1) is 10.2 Å². The van der Waals surface area contributed by atoms with Crippen molar-refractivity contribution in [3.8, 4) is 11.4 Å². The van der Waals surface area contributed by atoms with E-state index in [1.54, 1.807) is 0 Å². The zero-order chi connectivity index (χ0) is 21.0. The molecular weight excluding hydrogens is 370 g/mol. The average Bonchev–Trinajstić information content (AvgIpc) is 3.12. The number of carbonyl (C=O) groups excluding carboxylic acids is 2. The number of carbonyl (C=O) groups is 2. The van der Waals surface area contributed by atoms with E-state index in [-0.39, 0.29) is 13.2 Å². The number of hydrogen-bond acceptors (Lipinski definition) is 6. The second-order valence-corrected chi connectivity index (χ2v) is 6.99. The Kier molecular flexibility index (Phi) is 6.01. The fourth-order valence-electron chi connectivity index (χ4n) is 2.99. The Labute approximate surface area is 168 Å². The van der Waals surface area contributed by atoms with Gasteiger partial charge in [0, 0.05) is 11.3 Å². The van der Waals surface area contributed by atoms with Crippen LogP contribution in [0.1, 0.15) is 22.3 Å². The molecule has 150 valence electrons. The Balaban J connectivity index is 1.52. The lowest BCUT2D eigenvalue weighted by Crippen LogP contribution is -2.24. The largest absolute Gasteiger partial charge is 0.454 e. The molecule has 0 fully saturated rings. The second kappa shape index (κ2) is 8.64. The SMILES string of the molecule is Cc1ccc(-c2nnn(CC(=O)OCC(=O)Nc3c(C)cc(C)cc3C)n2)cc1. The minimum Gasteiger partial charge on any atom is -0.454 e. The van der Waals surface area contributed by atoms with Crippen LogP contribution in [0.3, 0.4) is 0 Å². The number of aromatic nitrogens is 4. The van der Waals surface area contributed by atoms with Crippen LogP contribution >= 0.6 is 0 Å². The van der Waals surface area contributed by atoms with E-state index in [2.05, 4.69) is 20.7 Å². The number of tetrazole rings is 1. The van der Waals surface area contributed by atoms with Crippen molar-refractivity contribution in [3.63, 3.8) is 0 Å². The number of nitrogens with one attached hydrogen (secondary N) is 1. The molecule has 0 saturated heterocycles. The summed E-state index contributed by atoms with van der Waals surface area (Å²) in [5.74, 6) is -0.605. The maximum Gasteiger partial charge on any atom is 0.330 e. The molecule has 3 aromatic rings. The minimum absolute atomic E-state index is 0.227. The van der Waals surface area contributed by atoms with Crippen LogP contribution in [0.4, 0.5) is 5.69 Å². The Hall–Kier alpha value is -3.55. The highest BCUT2D eigenvalue weighted by molar-refractivity contribution is 5.94. The smallest absolute Gasteiger partial charge is 0.330 e. The van der Waals surface area contributed by atoms with E-state index >= 15 is 0 Å². The van der Waals surface area contributed by atoms with Gasteiger partial charge in [-0.3, -0.25) is 4.79 Å². The molecule has 8 heteroatoms. The third-order valence-electron chi connectivity index (χ3n) is 4.34. The van der Waals surface area contributed by atoms with Crippen molar-refractivity contribution >= 4 is 17.6 Å². The third-order valence-corrected chi connectivity index (χ3v) is 4.34. The van der Waals surface area contributed by atoms with Gasteiger partial charge in [-0.05, 0) is 44.0 Å². The van der Waals surface area contributed by atoms with Crippen LogP contribution in [0.25, 0.3) is 11.4 Å². The van der Waals surface area contributed by atoms with Gasteiger partial charge in [-0.2, -0.15) is 4.80 Å². The first-order valence-corrected chi connectivity index (χ1v) is 9.20. The van der Waals surface area contributed by atoms with E-state index in [0.29, 0.717) is 5.82 Å². The van der Waals surface area contributed by atoms with Gasteiger partial charge < -0.3 is 10.1 Å². The minimum atomic E-state index is -0.620. The normalized spacial score (nSPS) is 10.6. The lowest BCUT2D eigenvalue weighted by Gasteiger charge is -2.12. The van der Waals surface area contributed by atoms with Crippen molar-refractivity contribution in [2.24, 2.45) is 0 Å². The molecule has 1 N–H and O–H groups in total. The van der Waals surface area contributed by atoms with Gasteiger partial charge in [0.05, 0.1) is 0 Å². The molecule has 0 unspecified atom stereocenters. The Bertz CT molecular complexity index is 1020. The molecule has 0 radical (unpaired) electrons. The molecule has 3 rings (SSSR count). The van der Waals surface area contributed by atoms with Gasteiger partial charge in [0.25, 0.3) is 5.91 Å². The summed E-state index contributed by atoms with van der Waals surface area (Å²) < 4.78 is 5.03. The standard InChI is InChI=1S/C21H23N5O3/c1-13-5-7-17(8-6-13)21-23-25-26(24-21)11-19(28)29-12-18(27)22-20-15(3)9-14(2)10-16(20)4/h5-10H,11-12H2,1-4H3,(H,22,27). The number of rotatable bonds is 6. The first-order valence-electron chi connectivity index (χ1n) is 9.20. The molecule has 29 heavy (non-hydrogen) atoms. The van der Waals surface area contributed by atoms with Crippen molar-refractivity contribution in [1.82, 2.24) is 20.2 Å². The quantitative estimate of drug-likeness (QED) is 0.647. The van der Waals surface area contributed by atoms with E-state index in [0.717, 1.165) is 38.3 Å². The lowest BCUT2D eigenvalue weighted by molar-refractivity contribution is -0.148. The molecule has 1 heterocycles. The van der Waals surface area contributed by atoms with Crippen LogP contribution in [0, 0.1) is 27.7 Å². The molecule has 0 aliphatic carbocycles. The predicted octanol–water partition coefficient (Wildman–Crippen LogP) is 2.76. The maximum atomic E-state index is 12.1. The van der Waals surface area contributed by atoms with Crippen molar-refractivity contribution in [1.29, 1.82) is 0 Å². The molecular formula is C21H23N5O3. The van der Waals surface area contributed by atoms with Crippen LogP contribution in [0.15, 0.2) is 36.4 Å². The second-order valence-electron chi connectivity index (χ2n) is 6.99. The van der Waals surface area contributed by atoms with Crippen molar-refractivity contribution < 1.29 is 14.3 Å². The maximum absolute atomic E-state index is 12.1. The Morgan fingerprint density at radius 2 is 1.66 bits per heavy atom. The van der Waals surface area contributed by atoms with Gasteiger partial charge in [-0.25, -0.2) is 4.79 Å². The molecule has 0 atom stereocenters. The van der Waals surface area contributed by atoms with Crippen LogP contribution < -0.4 is 5.32 Å². The first-order chi connectivity index (χ1) is 13.8. The lowest BCUT2D eigenvalue weighted by atomic mass is 10.1. The highest BCUT2D eigenvalue weighted by Crippen LogP contribution is 2.21. The number of hydrogen-bond donors (Lipinski definition) is 1. The highest BCUT2D eigenvalue weighted by Gasteiger charge is 2.13.